The highest BCUT2D eigenvalue weighted by Crippen LogP contribution is 2.31. The van der Waals surface area contributed by atoms with Crippen molar-refractivity contribution in [2.75, 3.05) is 0 Å². The van der Waals surface area contributed by atoms with E-state index in [4.69, 9.17) is 5.11 Å². The molecule has 0 heterocycles. The number of alkyl halides is 3. The van der Waals surface area contributed by atoms with Gasteiger partial charge in [-0.2, -0.15) is 13.2 Å². The van der Waals surface area contributed by atoms with Crippen LogP contribution in [0.5, 0.6) is 0 Å². The molecule has 1 atom stereocenters. The smallest absolute Gasteiger partial charge is 0.417 e. The van der Waals surface area contributed by atoms with Gasteiger partial charge in [-0.1, -0.05) is 18.2 Å². The lowest BCUT2D eigenvalue weighted by molar-refractivity contribution is -0.139. The van der Waals surface area contributed by atoms with Crippen molar-refractivity contribution in [2.24, 2.45) is 0 Å². The zero-order valence-electron chi connectivity index (χ0n) is 10.3. The number of nitrogens with one attached hydrogen (secondary N) is 1. The fraction of sp³-hybridized carbons (Fsp3) is 0.231. The zero-order chi connectivity index (χ0) is 15.3. The van der Waals surface area contributed by atoms with Gasteiger partial charge in [0.1, 0.15) is 6.04 Å². The van der Waals surface area contributed by atoms with Crippen molar-refractivity contribution >= 4 is 11.9 Å². The number of aliphatic carboxylic acids is 1. The van der Waals surface area contributed by atoms with E-state index in [1.54, 1.807) is 0 Å². The molecule has 4 nitrogen and oxygen atoms in total. The van der Waals surface area contributed by atoms with Gasteiger partial charge in [0.15, 0.2) is 0 Å². The molecule has 0 aliphatic heterocycles. The fourth-order valence-corrected chi connectivity index (χ4v) is 1.55. The molecule has 0 saturated carbocycles. The number of carboxylic acids is 1. The Morgan fingerprint density at radius 2 is 1.95 bits per heavy atom. The second-order valence-corrected chi connectivity index (χ2v) is 3.93. The van der Waals surface area contributed by atoms with Crippen LogP contribution in [0.4, 0.5) is 13.2 Å². The molecule has 0 fully saturated rings. The Morgan fingerprint density at radius 1 is 1.35 bits per heavy atom. The summed E-state index contributed by atoms with van der Waals surface area (Å²) in [4.78, 5) is 22.6. The van der Waals surface area contributed by atoms with E-state index in [9.17, 15) is 22.8 Å². The Hall–Kier alpha value is -2.31. The van der Waals surface area contributed by atoms with Gasteiger partial charge >= 0.3 is 12.1 Å². The average Bonchev–Trinajstić information content (AvgIpc) is 2.37. The van der Waals surface area contributed by atoms with Gasteiger partial charge < -0.3 is 10.4 Å². The number of amides is 1. The van der Waals surface area contributed by atoms with Crippen molar-refractivity contribution in [2.45, 2.75) is 18.6 Å². The first-order valence-corrected chi connectivity index (χ1v) is 5.58. The van der Waals surface area contributed by atoms with Crippen molar-refractivity contribution in [1.82, 2.24) is 5.32 Å². The predicted molar refractivity (Wildman–Crippen MR) is 65.1 cm³/mol. The quantitative estimate of drug-likeness (QED) is 0.817. The molecule has 0 aromatic heterocycles. The summed E-state index contributed by atoms with van der Waals surface area (Å²) in [6.45, 7) is 3.33. The van der Waals surface area contributed by atoms with Crippen LogP contribution in [0.3, 0.4) is 0 Å². The summed E-state index contributed by atoms with van der Waals surface area (Å²) in [5.41, 5.74) is -1.73. The molecule has 1 amide bonds. The normalized spacial score (nSPS) is 12.6. The van der Waals surface area contributed by atoms with E-state index >= 15 is 0 Å². The minimum atomic E-state index is -4.69. The number of benzene rings is 1. The predicted octanol–water partition coefficient (Wildman–Crippen LogP) is 2.46. The van der Waals surface area contributed by atoms with Crippen LogP contribution in [0.15, 0.2) is 36.9 Å². The standard InChI is InChI=1S/C13H12F3NO3/c1-2-5-10(12(19)20)17-11(18)8-6-3-4-7-9(8)13(14,15)16/h2-4,6-7,10H,1,5H2,(H,17,18)(H,19,20)/t10-/m0/s1. The monoisotopic (exact) mass is 287 g/mol. The lowest BCUT2D eigenvalue weighted by atomic mass is 10.1. The molecule has 7 heteroatoms. The highest BCUT2D eigenvalue weighted by Gasteiger charge is 2.35. The number of hydrogen-bond acceptors (Lipinski definition) is 2. The first-order chi connectivity index (χ1) is 9.27. The second-order valence-electron chi connectivity index (χ2n) is 3.93. The number of carbonyl (C=O) groups is 2. The van der Waals surface area contributed by atoms with E-state index in [2.05, 4.69) is 6.58 Å². The van der Waals surface area contributed by atoms with Crippen LogP contribution in [0.2, 0.25) is 0 Å². The lowest BCUT2D eigenvalue weighted by Gasteiger charge is -2.15. The first kappa shape index (κ1) is 15.7. The van der Waals surface area contributed by atoms with Crippen LogP contribution in [-0.2, 0) is 11.0 Å². The number of hydrogen-bond donors (Lipinski definition) is 2. The summed E-state index contributed by atoms with van der Waals surface area (Å²) in [6.07, 6.45) is -3.52. The summed E-state index contributed by atoms with van der Waals surface area (Å²) >= 11 is 0. The fourth-order valence-electron chi connectivity index (χ4n) is 1.55. The van der Waals surface area contributed by atoms with Gasteiger partial charge in [0.2, 0.25) is 0 Å². The summed E-state index contributed by atoms with van der Waals surface area (Å²) in [6, 6.07) is 2.86. The maximum Gasteiger partial charge on any atom is 0.417 e. The van der Waals surface area contributed by atoms with E-state index in [1.807, 2.05) is 5.32 Å². The first-order valence-electron chi connectivity index (χ1n) is 5.58. The molecule has 0 bridgehead atoms. The molecule has 2 N–H and O–H groups in total. The van der Waals surface area contributed by atoms with Crippen LogP contribution in [0.1, 0.15) is 22.3 Å². The zero-order valence-corrected chi connectivity index (χ0v) is 10.3. The van der Waals surface area contributed by atoms with Gasteiger partial charge in [-0.3, -0.25) is 4.79 Å². The van der Waals surface area contributed by atoms with Crippen LogP contribution in [-0.4, -0.2) is 23.0 Å². The second kappa shape index (κ2) is 6.23. The van der Waals surface area contributed by atoms with Crippen molar-refractivity contribution in [1.29, 1.82) is 0 Å². The SMILES string of the molecule is C=CC[C@H](NC(=O)c1ccccc1C(F)(F)F)C(=O)O. The molecule has 1 rings (SSSR count). The van der Waals surface area contributed by atoms with Gasteiger partial charge in [0.25, 0.3) is 5.91 Å². The number of halogens is 3. The van der Waals surface area contributed by atoms with Crippen LogP contribution < -0.4 is 5.32 Å². The molecule has 0 unspecified atom stereocenters. The summed E-state index contributed by atoms with van der Waals surface area (Å²) in [7, 11) is 0. The molecule has 20 heavy (non-hydrogen) atoms. The van der Waals surface area contributed by atoms with Crippen molar-refractivity contribution in [3.05, 3.63) is 48.0 Å². The molecule has 108 valence electrons. The molecule has 1 aromatic carbocycles. The topological polar surface area (TPSA) is 66.4 Å². The van der Waals surface area contributed by atoms with Crippen LogP contribution in [0.25, 0.3) is 0 Å². The van der Waals surface area contributed by atoms with E-state index in [0.717, 1.165) is 18.2 Å². The lowest BCUT2D eigenvalue weighted by Crippen LogP contribution is -2.41. The Morgan fingerprint density at radius 3 is 2.45 bits per heavy atom. The number of carboxylic acid groups (broad SMARTS) is 1. The van der Waals surface area contributed by atoms with Crippen molar-refractivity contribution < 1.29 is 27.9 Å². The maximum atomic E-state index is 12.7. The third kappa shape index (κ3) is 3.84. The molecular weight excluding hydrogens is 275 g/mol. The third-order valence-corrected chi connectivity index (χ3v) is 2.48. The Kier molecular flexibility index (Phi) is 4.90. The van der Waals surface area contributed by atoms with E-state index in [1.165, 1.54) is 12.1 Å². The Balaban J connectivity index is 3.04. The summed E-state index contributed by atoms with van der Waals surface area (Å²) < 4.78 is 38.2. The summed E-state index contributed by atoms with van der Waals surface area (Å²) in [5, 5.41) is 10.9. The highest BCUT2D eigenvalue weighted by molar-refractivity contribution is 5.98. The number of rotatable bonds is 5. The van der Waals surface area contributed by atoms with Gasteiger partial charge in [0.05, 0.1) is 11.1 Å². The number of carbonyl (C=O) groups excluding carboxylic acids is 1. The molecule has 0 saturated heterocycles. The molecular formula is C13H12F3NO3. The van der Waals surface area contributed by atoms with Gasteiger partial charge in [0, 0.05) is 0 Å². The largest absolute Gasteiger partial charge is 0.480 e. The van der Waals surface area contributed by atoms with Gasteiger partial charge in [-0.25, -0.2) is 4.79 Å². The van der Waals surface area contributed by atoms with E-state index in [0.29, 0.717) is 0 Å². The molecule has 0 aliphatic carbocycles. The van der Waals surface area contributed by atoms with Crippen LogP contribution in [0, 0.1) is 0 Å². The summed E-state index contributed by atoms with van der Waals surface area (Å²) in [5.74, 6) is -2.44. The highest BCUT2D eigenvalue weighted by atomic mass is 19.4. The minimum Gasteiger partial charge on any atom is -0.480 e. The molecule has 0 spiro atoms. The van der Waals surface area contributed by atoms with Gasteiger partial charge in [-0.15, -0.1) is 6.58 Å². The van der Waals surface area contributed by atoms with E-state index < -0.39 is 35.2 Å². The molecule has 1 aromatic rings. The molecule has 0 aliphatic rings. The third-order valence-electron chi connectivity index (χ3n) is 2.48. The van der Waals surface area contributed by atoms with Gasteiger partial charge in [-0.05, 0) is 18.6 Å². The van der Waals surface area contributed by atoms with Crippen molar-refractivity contribution in [3.63, 3.8) is 0 Å². The minimum absolute atomic E-state index is 0.0880. The van der Waals surface area contributed by atoms with E-state index in [-0.39, 0.29) is 6.42 Å². The maximum absolute atomic E-state index is 12.7. The average molecular weight is 287 g/mol. The Labute approximate surface area is 112 Å². The van der Waals surface area contributed by atoms with Crippen molar-refractivity contribution in [3.8, 4) is 0 Å². The van der Waals surface area contributed by atoms with Crippen LogP contribution >= 0.6 is 0 Å². The Bertz CT molecular complexity index is 526. The molecule has 0 radical (unpaired) electrons.